The number of thiazole rings is 1. The molecule has 1 amide bonds. The third-order valence-corrected chi connectivity index (χ3v) is 8.51. The topological polar surface area (TPSA) is 97.8 Å². The molecule has 0 bridgehead atoms. The molecule has 0 radical (unpaired) electrons. The maximum Gasteiger partial charge on any atom is 0.243 e. The van der Waals surface area contributed by atoms with Crippen molar-refractivity contribution >= 4 is 44.0 Å². The van der Waals surface area contributed by atoms with Gasteiger partial charge in [-0.1, -0.05) is 11.6 Å². The van der Waals surface area contributed by atoms with Crippen LogP contribution in [0.3, 0.4) is 0 Å². The van der Waals surface area contributed by atoms with E-state index in [2.05, 4.69) is 10.3 Å². The largest absolute Gasteiger partial charge is 0.493 e. The molecule has 1 fully saturated rings. The Morgan fingerprint density at radius 3 is 2.59 bits per heavy atom. The van der Waals surface area contributed by atoms with E-state index in [1.807, 2.05) is 17.5 Å². The van der Waals surface area contributed by atoms with Crippen LogP contribution in [0.4, 0.5) is 5.13 Å². The highest BCUT2D eigenvalue weighted by molar-refractivity contribution is 7.89. The average Bonchev–Trinajstić information content (AvgIpc) is 3.32. The van der Waals surface area contributed by atoms with Crippen LogP contribution in [0.5, 0.6) is 11.5 Å². The van der Waals surface area contributed by atoms with Crippen molar-refractivity contribution in [3.8, 4) is 22.8 Å². The number of halogens is 1. The van der Waals surface area contributed by atoms with Crippen molar-refractivity contribution in [1.29, 1.82) is 0 Å². The molecule has 1 aliphatic heterocycles. The highest BCUT2D eigenvalue weighted by Crippen LogP contribution is 2.34. The molecule has 0 saturated carbocycles. The zero-order valence-electron chi connectivity index (χ0n) is 18.7. The predicted molar refractivity (Wildman–Crippen MR) is 132 cm³/mol. The lowest BCUT2D eigenvalue weighted by Gasteiger charge is -2.31. The average molecular weight is 522 g/mol. The lowest BCUT2D eigenvalue weighted by Crippen LogP contribution is -2.43. The first-order valence-electron chi connectivity index (χ1n) is 10.6. The SMILES string of the molecule is COc1ccc(-c2csc(NC(=O)C3CCCN(S(=O)(=O)c4ccc(Cl)cc4)C3)n2)cc1OC. The second kappa shape index (κ2) is 10.3. The van der Waals surface area contributed by atoms with Crippen molar-refractivity contribution in [2.45, 2.75) is 17.7 Å². The summed E-state index contributed by atoms with van der Waals surface area (Å²) in [5.74, 6) is 0.488. The smallest absolute Gasteiger partial charge is 0.243 e. The first kappa shape index (κ1) is 24.5. The highest BCUT2D eigenvalue weighted by atomic mass is 35.5. The van der Waals surface area contributed by atoms with Crippen LogP contribution in [0.15, 0.2) is 52.7 Å². The van der Waals surface area contributed by atoms with Crippen molar-refractivity contribution in [2.24, 2.45) is 5.92 Å². The Morgan fingerprint density at radius 1 is 1.15 bits per heavy atom. The molecule has 11 heteroatoms. The van der Waals surface area contributed by atoms with Gasteiger partial charge in [-0.3, -0.25) is 4.79 Å². The number of nitrogens with one attached hydrogen (secondary N) is 1. The molecule has 0 spiro atoms. The minimum atomic E-state index is -3.70. The normalized spacial score (nSPS) is 16.7. The number of aromatic nitrogens is 1. The van der Waals surface area contributed by atoms with Crippen LogP contribution in [0.2, 0.25) is 5.02 Å². The van der Waals surface area contributed by atoms with Gasteiger partial charge in [-0.2, -0.15) is 4.31 Å². The Hall–Kier alpha value is -2.66. The van der Waals surface area contributed by atoms with Gasteiger partial charge in [-0.25, -0.2) is 13.4 Å². The lowest BCUT2D eigenvalue weighted by atomic mass is 9.99. The number of ether oxygens (including phenoxy) is 2. The van der Waals surface area contributed by atoms with Gasteiger partial charge in [0.15, 0.2) is 16.6 Å². The van der Waals surface area contributed by atoms with Gasteiger partial charge in [-0.15, -0.1) is 11.3 Å². The summed E-state index contributed by atoms with van der Waals surface area (Å²) in [7, 11) is -0.568. The van der Waals surface area contributed by atoms with Crippen LogP contribution in [-0.2, 0) is 14.8 Å². The maximum absolute atomic E-state index is 13.0. The summed E-state index contributed by atoms with van der Waals surface area (Å²) in [6, 6.07) is 11.5. The molecule has 1 N–H and O–H groups in total. The number of rotatable bonds is 7. The molecule has 180 valence electrons. The number of anilines is 1. The van der Waals surface area contributed by atoms with E-state index in [4.69, 9.17) is 21.1 Å². The van der Waals surface area contributed by atoms with E-state index in [-0.39, 0.29) is 17.3 Å². The van der Waals surface area contributed by atoms with Crippen LogP contribution in [0, 0.1) is 5.92 Å². The summed E-state index contributed by atoms with van der Waals surface area (Å²) in [6.07, 6.45) is 1.20. The van der Waals surface area contributed by atoms with Crippen molar-refractivity contribution < 1.29 is 22.7 Å². The molecule has 1 saturated heterocycles. The van der Waals surface area contributed by atoms with E-state index in [0.717, 1.165) is 5.56 Å². The molecule has 2 aromatic carbocycles. The van der Waals surface area contributed by atoms with Crippen LogP contribution >= 0.6 is 22.9 Å². The molecule has 1 atom stereocenters. The number of piperidine rings is 1. The summed E-state index contributed by atoms with van der Waals surface area (Å²) >= 11 is 7.19. The van der Waals surface area contributed by atoms with Gasteiger partial charge in [-0.05, 0) is 55.3 Å². The fraction of sp³-hybridized carbons (Fsp3) is 0.304. The predicted octanol–water partition coefficient (Wildman–Crippen LogP) is 4.52. The third kappa shape index (κ3) is 5.20. The van der Waals surface area contributed by atoms with E-state index in [1.165, 1.54) is 27.8 Å². The molecule has 3 aromatic rings. The fourth-order valence-corrected chi connectivity index (χ4v) is 6.17. The first-order chi connectivity index (χ1) is 16.3. The zero-order valence-corrected chi connectivity index (χ0v) is 21.0. The Kier molecular flexibility index (Phi) is 7.42. The number of methoxy groups -OCH3 is 2. The quantitative estimate of drug-likeness (QED) is 0.491. The van der Waals surface area contributed by atoms with E-state index in [9.17, 15) is 13.2 Å². The summed E-state index contributed by atoms with van der Waals surface area (Å²) in [5, 5.41) is 5.60. The third-order valence-electron chi connectivity index (χ3n) is 5.62. The second-order valence-electron chi connectivity index (χ2n) is 7.75. The first-order valence-corrected chi connectivity index (χ1v) is 13.3. The molecule has 0 aliphatic carbocycles. The van der Waals surface area contributed by atoms with Crippen molar-refractivity contribution in [2.75, 3.05) is 32.6 Å². The Labute approximate surface area is 207 Å². The van der Waals surface area contributed by atoms with Gasteiger partial charge in [0.1, 0.15) is 0 Å². The van der Waals surface area contributed by atoms with Crippen LogP contribution in [-0.4, -0.2) is 50.9 Å². The van der Waals surface area contributed by atoms with Crippen molar-refractivity contribution in [3.05, 3.63) is 52.9 Å². The molecule has 1 aromatic heterocycles. The van der Waals surface area contributed by atoms with Gasteiger partial charge in [0, 0.05) is 29.1 Å². The highest BCUT2D eigenvalue weighted by Gasteiger charge is 2.33. The molecule has 1 aliphatic rings. The molecule has 2 heterocycles. The molecular formula is C23H24ClN3O5S2. The monoisotopic (exact) mass is 521 g/mol. The maximum atomic E-state index is 13.0. The number of carbonyl (C=O) groups excluding carboxylic acids is 1. The number of hydrogen-bond acceptors (Lipinski definition) is 7. The molecule has 4 rings (SSSR count). The number of nitrogens with zero attached hydrogens (tertiary/aromatic N) is 2. The van der Waals surface area contributed by atoms with Gasteiger partial charge < -0.3 is 14.8 Å². The van der Waals surface area contributed by atoms with Gasteiger partial charge >= 0.3 is 0 Å². The van der Waals surface area contributed by atoms with Crippen LogP contribution < -0.4 is 14.8 Å². The Balaban J connectivity index is 1.44. The minimum absolute atomic E-state index is 0.116. The summed E-state index contributed by atoms with van der Waals surface area (Å²) in [6.45, 7) is 0.486. The number of benzene rings is 2. The van der Waals surface area contributed by atoms with E-state index in [1.54, 1.807) is 32.4 Å². The number of hydrogen-bond donors (Lipinski definition) is 1. The minimum Gasteiger partial charge on any atom is -0.493 e. The van der Waals surface area contributed by atoms with E-state index < -0.39 is 15.9 Å². The molecule has 1 unspecified atom stereocenters. The van der Waals surface area contributed by atoms with Crippen LogP contribution in [0.25, 0.3) is 11.3 Å². The van der Waals surface area contributed by atoms with Gasteiger partial charge in [0.25, 0.3) is 0 Å². The van der Waals surface area contributed by atoms with E-state index in [0.29, 0.717) is 46.7 Å². The Morgan fingerprint density at radius 2 is 1.88 bits per heavy atom. The standard InChI is InChI=1S/C23H24ClN3O5S2/c1-31-20-10-5-15(12-21(20)32-2)19-14-33-23(25-19)26-22(28)16-4-3-11-27(13-16)34(29,30)18-8-6-17(24)7-9-18/h5-10,12,14,16H,3-4,11,13H2,1-2H3,(H,25,26,28). The van der Waals surface area contributed by atoms with Crippen molar-refractivity contribution in [1.82, 2.24) is 9.29 Å². The molecular weight excluding hydrogens is 498 g/mol. The second-order valence-corrected chi connectivity index (χ2v) is 11.0. The number of carbonyl (C=O) groups is 1. The lowest BCUT2D eigenvalue weighted by molar-refractivity contribution is -0.120. The number of amides is 1. The zero-order chi connectivity index (χ0) is 24.3. The summed E-state index contributed by atoms with van der Waals surface area (Å²) in [5.41, 5.74) is 1.52. The molecule has 34 heavy (non-hydrogen) atoms. The summed E-state index contributed by atoms with van der Waals surface area (Å²) < 4.78 is 38.0. The van der Waals surface area contributed by atoms with Gasteiger partial charge in [0.2, 0.25) is 15.9 Å². The molecule has 8 nitrogen and oxygen atoms in total. The number of sulfonamides is 1. The van der Waals surface area contributed by atoms with Crippen molar-refractivity contribution in [3.63, 3.8) is 0 Å². The fourth-order valence-electron chi connectivity index (χ4n) is 3.80. The Bertz CT molecular complexity index is 1280. The van der Waals surface area contributed by atoms with E-state index >= 15 is 0 Å². The van der Waals surface area contributed by atoms with Crippen LogP contribution in [0.1, 0.15) is 12.8 Å². The van der Waals surface area contributed by atoms with Gasteiger partial charge in [0.05, 0.1) is 30.7 Å². The summed E-state index contributed by atoms with van der Waals surface area (Å²) in [4.78, 5) is 17.6.